The maximum Gasteiger partial charge on any atom is 0.172 e. The molecule has 0 unspecified atom stereocenters. The van der Waals surface area contributed by atoms with E-state index in [2.05, 4.69) is 24.2 Å². The molecular weight excluding hydrogens is 254 g/mol. The summed E-state index contributed by atoms with van der Waals surface area (Å²) in [4.78, 5) is 11.1. The number of benzene rings is 1. The van der Waals surface area contributed by atoms with Gasteiger partial charge in [-0.1, -0.05) is 19.1 Å². The fourth-order valence-corrected chi connectivity index (χ4v) is 1.99. The van der Waals surface area contributed by atoms with Gasteiger partial charge in [0, 0.05) is 12.1 Å². The minimum Gasteiger partial charge on any atom is -0.497 e. The summed E-state index contributed by atoms with van der Waals surface area (Å²) in [6, 6.07) is 7.56. The molecule has 20 heavy (non-hydrogen) atoms. The minimum atomic E-state index is 0.374. The molecule has 2 rings (SSSR count). The molecular formula is C15H19N3O2. The third-order valence-corrected chi connectivity index (χ3v) is 3.15. The minimum absolute atomic E-state index is 0.374. The van der Waals surface area contributed by atoms with E-state index >= 15 is 0 Å². The maximum atomic E-state index is 11.1. The maximum absolute atomic E-state index is 11.1. The highest BCUT2D eigenvalue weighted by Crippen LogP contribution is 2.24. The number of carbonyl (C=O) groups excluding carboxylic acids is 1. The molecule has 0 aliphatic rings. The van der Waals surface area contributed by atoms with Gasteiger partial charge >= 0.3 is 0 Å². The number of aldehydes is 1. The van der Waals surface area contributed by atoms with Crippen molar-refractivity contribution in [3.8, 4) is 17.0 Å². The number of ether oxygens (including phenoxy) is 1. The molecule has 0 radical (unpaired) electrons. The van der Waals surface area contributed by atoms with Gasteiger partial charge in [-0.3, -0.25) is 4.79 Å². The van der Waals surface area contributed by atoms with Crippen molar-refractivity contribution in [2.24, 2.45) is 5.92 Å². The van der Waals surface area contributed by atoms with Crippen molar-refractivity contribution >= 4 is 6.29 Å². The van der Waals surface area contributed by atoms with Gasteiger partial charge in [0.1, 0.15) is 5.75 Å². The molecule has 1 aromatic heterocycles. The second-order valence-electron chi connectivity index (χ2n) is 5.08. The van der Waals surface area contributed by atoms with E-state index in [0.29, 0.717) is 11.6 Å². The molecule has 106 valence electrons. The topological polar surface area (TPSA) is 57.0 Å². The van der Waals surface area contributed by atoms with E-state index in [1.54, 1.807) is 11.8 Å². The van der Waals surface area contributed by atoms with E-state index < -0.39 is 0 Å². The zero-order valence-corrected chi connectivity index (χ0v) is 12.0. The van der Waals surface area contributed by atoms with Gasteiger partial charge in [-0.25, -0.2) is 4.68 Å². The summed E-state index contributed by atoms with van der Waals surface area (Å²) in [5.41, 5.74) is 2.06. The van der Waals surface area contributed by atoms with Crippen molar-refractivity contribution in [3.05, 3.63) is 30.0 Å². The quantitative estimate of drug-likeness (QED) is 0.759. The Morgan fingerprint density at radius 1 is 1.30 bits per heavy atom. The van der Waals surface area contributed by atoms with Crippen LogP contribution in [0, 0.1) is 5.92 Å². The highest BCUT2D eigenvalue weighted by molar-refractivity contribution is 5.83. The van der Waals surface area contributed by atoms with E-state index in [4.69, 9.17) is 4.74 Å². The second kappa shape index (κ2) is 6.32. The molecule has 0 bridgehead atoms. The molecule has 0 N–H and O–H groups in total. The van der Waals surface area contributed by atoms with Crippen LogP contribution in [-0.2, 0) is 6.54 Å². The average molecular weight is 273 g/mol. The van der Waals surface area contributed by atoms with Crippen LogP contribution in [0.5, 0.6) is 5.75 Å². The summed E-state index contributed by atoms with van der Waals surface area (Å²) < 4.78 is 6.94. The first-order chi connectivity index (χ1) is 9.65. The number of hydrogen-bond acceptors (Lipinski definition) is 4. The Balaban J connectivity index is 2.36. The third kappa shape index (κ3) is 3.04. The first-order valence-corrected chi connectivity index (χ1v) is 6.68. The van der Waals surface area contributed by atoms with Gasteiger partial charge in [0.05, 0.1) is 12.8 Å². The lowest BCUT2D eigenvalue weighted by molar-refractivity contribution is 0.111. The Kier molecular flexibility index (Phi) is 4.50. The molecule has 0 aliphatic heterocycles. The number of aryl methyl sites for hydroxylation is 1. The molecule has 0 spiro atoms. The van der Waals surface area contributed by atoms with Crippen LogP contribution < -0.4 is 4.74 Å². The summed E-state index contributed by atoms with van der Waals surface area (Å²) in [5.74, 6) is 1.35. The van der Waals surface area contributed by atoms with Crippen molar-refractivity contribution in [2.45, 2.75) is 26.8 Å². The lowest BCUT2D eigenvalue weighted by Gasteiger charge is -2.09. The molecule has 0 fully saturated rings. The van der Waals surface area contributed by atoms with Gasteiger partial charge in [-0.05, 0) is 36.6 Å². The Bertz CT molecular complexity index is 573. The molecule has 0 saturated carbocycles. The molecule has 2 aromatic rings. The van der Waals surface area contributed by atoms with Crippen LogP contribution in [0.25, 0.3) is 11.3 Å². The Morgan fingerprint density at radius 3 is 2.55 bits per heavy atom. The summed E-state index contributed by atoms with van der Waals surface area (Å²) in [6.45, 7) is 5.06. The van der Waals surface area contributed by atoms with Crippen molar-refractivity contribution in [3.63, 3.8) is 0 Å². The van der Waals surface area contributed by atoms with Gasteiger partial charge in [0.15, 0.2) is 12.0 Å². The normalized spacial score (nSPS) is 10.8. The van der Waals surface area contributed by atoms with E-state index in [1.807, 2.05) is 24.3 Å². The summed E-state index contributed by atoms with van der Waals surface area (Å²) in [5, 5.41) is 8.03. The predicted octanol–water partition coefficient (Wildman–Crippen LogP) is 2.81. The van der Waals surface area contributed by atoms with E-state index in [9.17, 15) is 4.79 Å². The van der Waals surface area contributed by atoms with E-state index in [-0.39, 0.29) is 0 Å². The van der Waals surface area contributed by atoms with Crippen LogP contribution in [-0.4, -0.2) is 28.4 Å². The summed E-state index contributed by atoms with van der Waals surface area (Å²) in [7, 11) is 1.63. The van der Waals surface area contributed by atoms with Crippen molar-refractivity contribution in [1.29, 1.82) is 0 Å². The number of methoxy groups -OCH3 is 1. The van der Waals surface area contributed by atoms with E-state index in [1.165, 1.54) is 0 Å². The van der Waals surface area contributed by atoms with Crippen LogP contribution in [0.3, 0.4) is 0 Å². The molecule has 1 aromatic carbocycles. The third-order valence-electron chi connectivity index (χ3n) is 3.15. The number of hydrogen-bond donors (Lipinski definition) is 0. The zero-order valence-electron chi connectivity index (χ0n) is 12.0. The standard InChI is InChI=1S/C15H19N3O2/c1-11(2)8-9-18-15(14(10-19)16-17-18)12-4-6-13(20-3)7-5-12/h4-7,10-11H,8-9H2,1-3H3. The van der Waals surface area contributed by atoms with Gasteiger partial charge < -0.3 is 4.74 Å². The number of aromatic nitrogens is 3. The summed E-state index contributed by atoms with van der Waals surface area (Å²) >= 11 is 0. The molecule has 5 nitrogen and oxygen atoms in total. The lowest BCUT2D eigenvalue weighted by Crippen LogP contribution is -2.05. The van der Waals surface area contributed by atoms with Crippen molar-refractivity contribution in [1.82, 2.24) is 15.0 Å². The van der Waals surface area contributed by atoms with E-state index in [0.717, 1.165) is 36.3 Å². The number of carbonyl (C=O) groups is 1. The number of rotatable bonds is 6. The highest BCUT2D eigenvalue weighted by Gasteiger charge is 2.14. The number of nitrogens with zero attached hydrogens (tertiary/aromatic N) is 3. The fraction of sp³-hybridized carbons (Fsp3) is 0.400. The average Bonchev–Trinajstić information content (AvgIpc) is 2.88. The van der Waals surface area contributed by atoms with Crippen LogP contribution in [0.4, 0.5) is 0 Å². The SMILES string of the molecule is COc1ccc(-c2c(C=O)nnn2CCC(C)C)cc1. The summed E-state index contributed by atoms with van der Waals surface area (Å²) in [6.07, 6.45) is 1.74. The van der Waals surface area contributed by atoms with Gasteiger partial charge in [-0.2, -0.15) is 0 Å². The highest BCUT2D eigenvalue weighted by atomic mass is 16.5. The first kappa shape index (κ1) is 14.2. The second-order valence-corrected chi connectivity index (χ2v) is 5.08. The van der Waals surface area contributed by atoms with Crippen LogP contribution in [0.15, 0.2) is 24.3 Å². The monoisotopic (exact) mass is 273 g/mol. The fourth-order valence-electron chi connectivity index (χ4n) is 1.99. The van der Waals surface area contributed by atoms with Crippen molar-refractivity contribution in [2.75, 3.05) is 7.11 Å². The zero-order chi connectivity index (χ0) is 14.5. The lowest BCUT2D eigenvalue weighted by atomic mass is 10.1. The Labute approximate surface area is 118 Å². The predicted molar refractivity (Wildman–Crippen MR) is 76.9 cm³/mol. The van der Waals surface area contributed by atoms with Gasteiger partial charge in [0.25, 0.3) is 0 Å². The molecule has 0 atom stereocenters. The molecule has 0 amide bonds. The molecule has 1 heterocycles. The molecule has 0 saturated heterocycles. The Hall–Kier alpha value is -2.17. The van der Waals surface area contributed by atoms with Gasteiger partial charge in [-0.15, -0.1) is 5.10 Å². The molecule has 5 heteroatoms. The first-order valence-electron chi connectivity index (χ1n) is 6.68. The van der Waals surface area contributed by atoms with Crippen molar-refractivity contribution < 1.29 is 9.53 Å². The van der Waals surface area contributed by atoms with Crippen LogP contribution >= 0.6 is 0 Å². The van der Waals surface area contributed by atoms with Crippen LogP contribution in [0.1, 0.15) is 30.8 Å². The molecule has 0 aliphatic carbocycles. The largest absolute Gasteiger partial charge is 0.497 e. The van der Waals surface area contributed by atoms with Crippen LogP contribution in [0.2, 0.25) is 0 Å². The Morgan fingerprint density at radius 2 is 2.00 bits per heavy atom. The smallest absolute Gasteiger partial charge is 0.172 e. The van der Waals surface area contributed by atoms with Gasteiger partial charge in [0.2, 0.25) is 0 Å².